The fraction of sp³-hybridized carbons (Fsp3) is 0.500. The van der Waals surface area contributed by atoms with Crippen LogP contribution in [0.5, 0.6) is 0 Å². The van der Waals surface area contributed by atoms with Crippen molar-refractivity contribution in [3.63, 3.8) is 0 Å². The van der Waals surface area contributed by atoms with Crippen molar-refractivity contribution < 1.29 is 12.8 Å². The second kappa shape index (κ2) is 4.58. The summed E-state index contributed by atoms with van der Waals surface area (Å²) < 4.78 is 36.8. The van der Waals surface area contributed by atoms with Crippen LogP contribution in [-0.4, -0.2) is 18.8 Å². The highest BCUT2D eigenvalue weighted by atomic mass is 35.5. The molecule has 1 saturated carbocycles. The molecular weight excluding hydrogens is 263 g/mol. The normalized spacial score (nSPS) is 30.1. The van der Waals surface area contributed by atoms with E-state index in [1.54, 1.807) is 18.2 Å². The third-order valence-electron chi connectivity index (χ3n) is 3.19. The minimum atomic E-state index is -3.82. The summed E-state index contributed by atoms with van der Waals surface area (Å²) in [5.41, 5.74) is 0. The lowest BCUT2D eigenvalue weighted by molar-refractivity contribution is 0.232. The molecule has 1 aliphatic carbocycles. The van der Waals surface area contributed by atoms with Crippen LogP contribution in [0.3, 0.4) is 0 Å². The maximum Gasteiger partial charge on any atom is 0.200 e. The summed E-state index contributed by atoms with van der Waals surface area (Å²) in [6.45, 7) is 0. The van der Waals surface area contributed by atoms with E-state index in [4.69, 9.17) is 11.6 Å². The van der Waals surface area contributed by atoms with Crippen LogP contribution in [0.1, 0.15) is 25.7 Å². The summed E-state index contributed by atoms with van der Waals surface area (Å²) in [7, 11) is -3.82. The zero-order valence-corrected chi connectivity index (χ0v) is 10.8. The van der Waals surface area contributed by atoms with Gasteiger partial charge >= 0.3 is 0 Å². The number of hydrogen-bond donors (Lipinski definition) is 0. The summed E-state index contributed by atoms with van der Waals surface area (Å²) in [4.78, 5) is 0.0968. The van der Waals surface area contributed by atoms with Gasteiger partial charge in [-0.3, -0.25) is 0 Å². The molecule has 0 radical (unpaired) electrons. The van der Waals surface area contributed by atoms with Crippen molar-refractivity contribution in [1.82, 2.24) is 0 Å². The zero-order chi connectivity index (χ0) is 12.5. The molecule has 2 unspecified atom stereocenters. The Morgan fingerprint density at radius 1 is 1.24 bits per heavy atom. The molecule has 1 fully saturated rings. The van der Waals surface area contributed by atoms with Crippen molar-refractivity contribution in [2.24, 2.45) is 0 Å². The Morgan fingerprint density at radius 3 is 2.47 bits per heavy atom. The first-order valence-electron chi connectivity index (χ1n) is 5.61. The van der Waals surface area contributed by atoms with E-state index in [2.05, 4.69) is 0 Å². The van der Waals surface area contributed by atoms with Gasteiger partial charge in [0.15, 0.2) is 4.21 Å². The summed E-state index contributed by atoms with van der Waals surface area (Å²) in [6, 6.07) is 7.86. The highest BCUT2D eigenvalue weighted by Crippen LogP contribution is 2.43. The SMILES string of the molecule is O=S(=O)(c1ccccc1)C1(Cl)CCCCC1F. The van der Waals surface area contributed by atoms with Crippen LogP contribution in [0.2, 0.25) is 0 Å². The smallest absolute Gasteiger partial charge is 0.200 e. The first-order chi connectivity index (χ1) is 7.98. The second-order valence-corrected chi connectivity index (χ2v) is 7.42. The van der Waals surface area contributed by atoms with Gasteiger partial charge in [-0.1, -0.05) is 42.6 Å². The number of halogens is 2. The molecule has 17 heavy (non-hydrogen) atoms. The van der Waals surface area contributed by atoms with Gasteiger partial charge in [0.25, 0.3) is 0 Å². The Labute approximate surface area is 106 Å². The van der Waals surface area contributed by atoms with E-state index in [1.165, 1.54) is 12.1 Å². The molecule has 0 aliphatic heterocycles. The van der Waals surface area contributed by atoms with Crippen molar-refractivity contribution in [2.75, 3.05) is 0 Å². The Balaban J connectivity index is 2.45. The van der Waals surface area contributed by atoms with Gasteiger partial charge in [-0.05, 0) is 25.0 Å². The van der Waals surface area contributed by atoms with Crippen LogP contribution in [0, 0.1) is 0 Å². The fourth-order valence-corrected chi connectivity index (χ4v) is 4.44. The first-order valence-corrected chi connectivity index (χ1v) is 7.47. The standard InChI is InChI=1S/C12H14ClFO2S/c13-12(9-5-4-8-11(12)14)17(15,16)10-6-2-1-3-7-10/h1-3,6-7,11H,4-5,8-9H2. The molecule has 0 amide bonds. The van der Waals surface area contributed by atoms with Crippen molar-refractivity contribution >= 4 is 21.4 Å². The minimum Gasteiger partial charge on any atom is -0.244 e. The van der Waals surface area contributed by atoms with E-state index < -0.39 is 20.2 Å². The molecule has 5 heteroatoms. The van der Waals surface area contributed by atoms with Crippen molar-refractivity contribution in [3.05, 3.63) is 30.3 Å². The molecule has 0 heterocycles. The van der Waals surface area contributed by atoms with Crippen LogP contribution in [0.25, 0.3) is 0 Å². The van der Waals surface area contributed by atoms with E-state index in [0.29, 0.717) is 12.8 Å². The lowest BCUT2D eigenvalue weighted by Gasteiger charge is -2.33. The van der Waals surface area contributed by atoms with E-state index in [-0.39, 0.29) is 17.7 Å². The van der Waals surface area contributed by atoms with Crippen LogP contribution >= 0.6 is 11.6 Å². The summed E-state index contributed by atoms with van der Waals surface area (Å²) in [6.07, 6.45) is 0.237. The van der Waals surface area contributed by atoms with Gasteiger partial charge in [0.1, 0.15) is 6.17 Å². The summed E-state index contributed by atoms with van der Waals surface area (Å²) >= 11 is 6.09. The topological polar surface area (TPSA) is 34.1 Å². The number of alkyl halides is 2. The number of hydrogen-bond acceptors (Lipinski definition) is 2. The van der Waals surface area contributed by atoms with Crippen molar-refractivity contribution in [2.45, 2.75) is 41.0 Å². The molecule has 2 nitrogen and oxygen atoms in total. The van der Waals surface area contributed by atoms with Crippen LogP contribution in [-0.2, 0) is 9.84 Å². The molecule has 0 saturated heterocycles. The third-order valence-corrected chi connectivity index (χ3v) is 6.47. The Kier molecular flexibility index (Phi) is 3.46. The molecule has 2 rings (SSSR count). The van der Waals surface area contributed by atoms with Crippen molar-refractivity contribution in [1.29, 1.82) is 0 Å². The zero-order valence-electron chi connectivity index (χ0n) is 9.27. The molecule has 2 atom stereocenters. The van der Waals surface area contributed by atoms with E-state index in [9.17, 15) is 12.8 Å². The van der Waals surface area contributed by atoms with Gasteiger partial charge in [-0.15, -0.1) is 0 Å². The number of rotatable bonds is 2. The molecule has 0 aromatic heterocycles. The fourth-order valence-electron chi connectivity index (χ4n) is 2.16. The Bertz CT molecular complexity index is 488. The number of benzene rings is 1. The molecule has 1 aromatic rings. The highest BCUT2D eigenvalue weighted by molar-refractivity contribution is 7.94. The van der Waals surface area contributed by atoms with Gasteiger partial charge in [0, 0.05) is 0 Å². The minimum absolute atomic E-state index is 0.0968. The number of sulfone groups is 1. The largest absolute Gasteiger partial charge is 0.244 e. The van der Waals surface area contributed by atoms with Gasteiger partial charge < -0.3 is 0 Å². The Hall–Kier alpha value is -0.610. The van der Waals surface area contributed by atoms with E-state index in [1.807, 2.05) is 0 Å². The quantitative estimate of drug-likeness (QED) is 0.777. The van der Waals surface area contributed by atoms with Crippen LogP contribution < -0.4 is 0 Å². The van der Waals surface area contributed by atoms with Gasteiger partial charge in [-0.2, -0.15) is 0 Å². The third kappa shape index (κ3) is 2.08. The maximum absolute atomic E-state index is 13.9. The molecule has 94 valence electrons. The maximum atomic E-state index is 13.9. The van der Waals surface area contributed by atoms with Crippen LogP contribution in [0.15, 0.2) is 35.2 Å². The van der Waals surface area contributed by atoms with E-state index >= 15 is 0 Å². The van der Waals surface area contributed by atoms with E-state index in [0.717, 1.165) is 0 Å². The van der Waals surface area contributed by atoms with Crippen LogP contribution in [0.4, 0.5) is 4.39 Å². The first kappa shape index (κ1) is 12.8. The Morgan fingerprint density at radius 2 is 1.88 bits per heavy atom. The van der Waals surface area contributed by atoms with Gasteiger partial charge in [0.2, 0.25) is 9.84 Å². The monoisotopic (exact) mass is 276 g/mol. The molecule has 0 bridgehead atoms. The lowest BCUT2D eigenvalue weighted by Crippen LogP contribution is -2.44. The van der Waals surface area contributed by atoms with Gasteiger partial charge in [0.05, 0.1) is 4.90 Å². The predicted molar refractivity (Wildman–Crippen MR) is 65.6 cm³/mol. The molecule has 1 aromatic carbocycles. The summed E-state index contributed by atoms with van der Waals surface area (Å²) in [5, 5.41) is 0. The predicted octanol–water partition coefficient (Wildman–Crippen LogP) is 3.31. The highest BCUT2D eigenvalue weighted by Gasteiger charge is 2.51. The second-order valence-electron chi connectivity index (χ2n) is 4.32. The van der Waals surface area contributed by atoms with Gasteiger partial charge in [-0.25, -0.2) is 12.8 Å². The average Bonchev–Trinajstić information content (AvgIpc) is 2.34. The van der Waals surface area contributed by atoms with Crippen molar-refractivity contribution in [3.8, 4) is 0 Å². The molecule has 1 aliphatic rings. The average molecular weight is 277 g/mol. The lowest BCUT2D eigenvalue weighted by atomic mass is 9.98. The molecule has 0 spiro atoms. The molecular formula is C12H14ClFO2S. The summed E-state index contributed by atoms with van der Waals surface area (Å²) in [5.74, 6) is 0. The molecule has 0 N–H and O–H groups in total.